The van der Waals surface area contributed by atoms with E-state index in [0.717, 1.165) is 16.9 Å². The van der Waals surface area contributed by atoms with Gasteiger partial charge in [-0.15, -0.1) is 0 Å². The van der Waals surface area contributed by atoms with Gasteiger partial charge in [0.15, 0.2) is 0 Å². The number of benzene rings is 1. The normalized spacial score (nSPS) is 15.6. The molecule has 1 aliphatic heterocycles. The smallest absolute Gasteiger partial charge is 0.312 e. The van der Waals surface area contributed by atoms with E-state index in [1.54, 1.807) is 11.8 Å². The SMILES string of the molecule is Cc1ccc(CN2CCN(C[C@H](C)C(=O)NCc3ccc(C)o3)C(=O)C2=O)cc1. The van der Waals surface area contributed by atoms with E-state index in [2.05, 4.69) is 5.32 Å². The highest BCUT2D eigenvalue weighted by Gasteiger charge is 2.33. The molecule has 0 aliphatic carbocycles. The zero-order valence-corrected chi connectivity index (χ0v) is 17.1. The molecule has 0 spiro atoms. The van der Waals surface area contributed by atoms with Crippen LogP contribution < -0.4 is 5.32 Å². The Labute approximate surface area is 170 Å². The lowest BCUT2D eigenvalue weighted by molar-refractivity contribution is -0.157. The number of hydrogen-bond donors (Lipinski definition) is 1. The highest BCUT2D eigenvalue weighted by Crippen LogP contribution is 2.13. The number of carbonyl (C=O) groups excluding carboxylic acids is 3. The molecule has 1 aromatic heterocycles. The molecular weight excluding hydrogens is 370 g/mol. The Morgan fingerprint density at radius 2 is 1.69 bits per heavy atom. The number of hydrogen-bond acceptors (Lipinski definition) is 4. The number of carbonyl (C=O) groups is 3. The van der Waals surface area contributed by atoms with Gasteiger partial charge in [0, 0.05) is 26.2 Å². The topological polar surface area (TPSA) is 82.9 Å². The fourth-order valence-corrected chi connectivity index (χ4v) is 3.30. The molecule has 1 aliphatic rings. The predicted molar refractivity (Wildman–Crippen MR) is 108 cm³/mol. The standard InChI is InChI=1S/C22H27N3O4/c1-15-4-7-18(8-5-15)14-25-11-10-24(21(27)22(25)28)13-16(2)20(26)23-12-19-9-6-17(3)29-19/h4-9,16H,10-14H2,1-3H3,(H,23,26)/t16-/m0/s1. The summed E-state index contributed by atoms with van der Waals surface area (Å²) in [6.45, 7) is 7.40. The maximum Gasteiger partial charge on any atom is 0.312 e. The Kier molecular flexibility index (Phi) is 6.36. The zero-order valence-electron chi connectivity index (χ0n) is 17.1. The van der Waals surface area contributed by atoms with Gasteiger partial charge in [0.2, 0.25) is 5.91 Å². The van der Waals surface area contributed by atoms with Crippen molar-refractivity contribution < 1.29 is 18.8 Å². The van der Waals surface area contributed by atoms with Gasteiger partial charge in [0.25, 0.3) is 0 Å². The van der Waals surface area contributed by atoms with Gasteiger partial charge < -0.3 is 19.5 Å². The van der Waals surface area contributed by atoms with Crippen LogP contribution in [0.1, 0.15) is 29.6 Å². The molecule has 7 nitrogen and oxygen atoms in total. The van der Waals surface area contributed by atoms with Crippen LogP contribution >= 0.6 is 0 Å². The Bertz CT molecular complexity index is 888. The Hall–Kier alpha value is -3.09. The van der Waals surface area contributed by atoms with Crippen molar-refractivity contribution >= 4 is 17.7 Å². The van der Waals surface area contributed by atoms with Crippen molar-refractivity contribution in [1.29, 1.82) is 0 Å². The summed E-state index contributed by atoms with van der Waals surface area (Å²) in [5, 5.41) is 2.81. The van der Waals surface area contributed by atoms with Crippen molar-refractivity contribution in [2.24, 2.45) is 5.92 Å². The Morgan fingerprint density at radius 3 is 2.34 bits per heavy atom. The number of nitrogens with zero attached hydrogens (tertiary/aromatic N) is 2. The number of aryl methyl sites for hydroxylation is 2. The maximum atomic E-state index is 12.5. The quantitative estimate of drug-likeness (QED) is 0.725. The predicted octanol–water partition coefficient (Wildman–Crippen LogP) is 2.02. The fraction of sp³-hybridized carbons (Fsp3) is 0.409. The minimum atomic E-state index is -0.551. The molecule has 1 N–H and O–H groups in total. The van der Waals surface area contributed by atoms with Crippen molar-refractivity contribution in [1.82, 2.24) is 15.1 Å². The molecule has 7 heteroatoms. The number of rotatable bonds is 7. The monoisotopic (exact) mass is 397 g/mol. The molecule has 0 bridgehead atoms. The summed E-state index contributed by atoms with van der Waals surface area (Å²) in [5.74, 6) is -0.207. The van der Waals surface area contributed by atoms with E-state index in [4.69, 9.17) is 4.42 Å². The molecule has 0 saturated carbocycles. The number of piperazine rings is 1. The molecule has 29 heavy (non-hydrogen) atoms. The first kappa shape index (κ1) is 20.6. The lowest BCUT2D eigenvalue weighted by Crippen LogP contribution is -2.55. The van der Waals surface area contributed by atoms with Gasteiger partial charge in [-0.3, -0.25) is 14.4 Å². The van der Waals surface area contributed by atoms with Gasteiger partial charge in [-0.05, 0) is 31.5 Å². The Balaban J connectivity index is 1.50. The minimum Gasteiger partial charge on any atom is -0.465 e. The summed E-state index contributed by atoms with van der Waals surface area (Å²) >= 11 is 0. The van der Waals surface area contributed by atoms with Gasteiger partial charge >= 0.3 is 11.8 Å². The van der Waals surface area contributed by atoms with Crippen molar-refractivity contribution in [2.45, 2.75) is 33.9 Å². The summed E-state index contributed by atoms with van der Waals surface area (Å²) in [6.07, 6.45) is 0. The first-order valence-electron chi connectivity index (χ1n) is 9.80. The summed E-state index contributed by atoms with van der Waals surface area (Å²) < 4.78 is 5.43. The van der Waals surface area contributed by atoms with Crippen molar-refractivity contribution in [3.63, 3.8) is 0 Å². The van der Waals surface area contributed by atoms with E-state index in [9.17, 15) is 14.4 Å². The van der Waals surface area contributed by atoms with Crippen molar-refractivity contribution in [3.8, 4) is 0 Å². The summed E-state index contributed by atoms with van der Waals surface area (Å²) in [4.78, 5) is 40.4. The summed E-state index contributed by atoms with van der Waals surface area (Å²) in [5.41, 5.74) is 2.14. The molecule has 1 atom stereocenters. The van der Waals surface area contributed by atoms with E-state index in [-0.39, 0.29) is 12.5 Å². The van der Waals surface area contributed by atoms with Crippen molar-refractivity contribution in [3.05, 3.63) is 59.0 Å². The van der Waals surface area contributed by atoms with E-state index >= 15 is 0 Å². The second-order valence-corrected chi connectivity index (χ2v) is 7.59. The van der Waals surface area contributed by atoms with Gasteiger partial charge in [0.1, 0.15) is 11.5 Å². The lowest BCUT2D eigenvalue weighted by Gasteiger charge is -2.34. The van der Waals surface area contributed by atoms with Crippen LogP contribution in [0.25, 0.3) is 0 Å². The molecule has 1 saturated heterocycles. The van der Waals surface area contributed by atoms with Crippen LogP contribution in [-0.2, 0) is 27.5 Å². The minimum absolute atomic E-state index is 0.179. The molecule has 3 rings (SSSR count). The van der Waals surface area contributed by atoms with Crippen molar-refractivity contribution in [2.75, 3.05) is 19.6 Å². The molecule has 3 amide bonds. The van der Waals surface area contributed by atoms with Gasteiger partial charge in [-0.1, -0.05) is 36.8 Å². The van der Waals surface area contributed by atoms with Gasteiger partial charge in [0.05, 0.1) is 12.5 Å². The third kappa shape index (κ3) is 5.25. The Morgan fingerprint density at radius 1 is 1.03 bits per heavy atom. The average Bonchev–Trinajstić information content (AvgIpc) is 3.12. The third-order valence-electron chi connectivity index (χ3n) is 5.07. The maximum absolute atomic E-state index is 12.5. The highest BCUT2D eigenvalue weighted by atomic mass is 16.3. The largest absolute Gasteiger partial charge is 0.465 e. The number of nitrogens with one attached hydrogen (secondary N) is 1. The third-order valence-corrected chi connectivity index (χ3v) is 5.07. The highest BCUT2D eigenvalue weighted by molar-refractivity contribution is 6.35. The molecular formula is C22H27N3O4. The van der Waals surface area contributed by atoms with Crippen LogP contribution in [0.15, 0.2) is 40.8 Å². The summed E-state index contributed by atoms with van der Waals surface area (Å²) in [6, 6.07) is 11.6. The molecule has 2 heterocycles. The lowest BCUT2D eigenvalue weighted by atomic mass is 10.1. The van der Waals surface area contributed by atoms with Crippen LogP contribution in [-0.4, -0.2) is 47.2 Å². The van der Waals surface area contributed by atoms with Crippen LogP contribution in [0.4, 0.5) is 0 Å². The van der Waals surface area contributed by atoms with Crippen LogP contribution in [0.3, 0.4) is 0 Å². The zero-order chi connectivity index (χ0) is 21.0. The van der Waals surface area contributed by atoms with Crippen LogP contribution in [0, 0.1) is 19.8 Å². The molecule has 0 unspecified atom stereocenters. The molecule has 2 aromatic rings. The second kappa shape index (κ2) is 8.94. The fourth-order valence-electron chi connectivity index (χ4n) is 3.30. The van der Waals surface area contributed by atoms with Crippen LogP contribution in [0.5, 0.6) is 0 Å². The van der Waals surface area contributed by atoms with E-state index in [0.29, 0.717) is 31.9 Å². The van der Waals surface area contributed by atoms with E-state index in [1.165, 1.54) is 4.90 Å². The first-order valence-corrected chi connectivity index (χ1v) is 9.80. The molecule has 0 radical (unpaired) electrons. The molecule has 1 aromatic carbocycles. The van der Waals surface area contributed by atoms with Gasteiger partial charge in [-0.25, -0.2) is 0 Å². The molecule has 154 valence electrons. The van der Waals surface area contributed by atoms with E-state index < -0.39 is 17.7 Å². The second-order valence-electron chi connectivity index (χ2n) is 7.59. The number of amides is 3. The number of furan rings is 1. The summed E-state index contributed by atoms with van der Waals surface area (Å²) in [7, 11) is 0. The van der Waals surface area contributed by atoms with E-state index in [1.807, 2.05) is 50.2 Å². The van der Waals surface area contributed by atoms with Gasteiger partial charge in [-0.2, -0.15) is 0 Å². The first-order chi connectivity index (χ1) is 13.8. The molecule has 1 fully saturated rings. The van der Waals surface area contributed by atoms with Crippen LogP contribution in [0.2, 0.25) is 0 Å². The average molecular weight is 397 g/mol.